The van der Waals surface area contributed by atoms with Crippen molar-refractivity contribution in [2.45, 2.75) is 26.7 Å². The van der Waals surface area contributed by atoms with Crippen molar-refractivity contribution in [1.82, 2.24) is 15.0 Å². The molecule has 2 aromatic heterocycles. The molecule has 0 aliphatic carbocycles. The molecule has 4 nitrogen and oxygen atoms in total. The van der Waals surface area contributed by atoms with Gasteiger partial charge in [0, 0.05) is 6.20 Å². The Morgan fingerprint density at radius 2 is 1.94 bits per heavy atom. The Morgan fingerprint density at radius 1 is 1.22 bits per heavy atom. The number of nitrogens with two attached hydrogens (primary N) is 1. The normalized spacial score (nSPS) is 10.9. The van der Waals surface area contributed by atoms with E-state index in [4.69, 9.17) is 5.73 Å². The van der Waals surface area contributed by atoms with Crippen LogP contribution in [-0.2, 0) is 0 Å². The third-order valence-electron chi connectivity index (χ3n) is 2.59. The minimum absolute atomic E-state index is 0.272. The van der Waals surface area contributed by atoms with Crippen LogP contribution in [0.2, 0.25) is 0 Å². The molecule has 0 radical (unpaired) electrons. The van der Waals surface area contributed by atoms with Crippen LogP contribution < -0.4 is 5.73 Å². The molecule has 18 heavy (non-hydrogen) atoms. The second kappa shape index (κ2) is 5.02. The van der Waals surface area contributed by atoms with Gasteiger partial charge in [0.1, 0.15) is 11.5 Å². The molecule has 0 saturated heterocycles. The van der Waals surface area contributed by atoms with E-state index in [0.29, 0.717) is 11.6 Å². The Kier molecular flexibility index (Phi) is 3.61. The van der Waals surface area contributed by atoms with E-state index in [1.54, 1.807) is 6.20 Å². The van der Waals surface area contributed by atoms with E-state index in [9.17, 15) is 0 Å². The molecule has 0 amide bonds. The second-order valence-corrected chi connectivity index (χ2v) is 5.30. The van der Waals surface area contributed by atoms with Crippen LogP contribution in [0.1, 0.15) is 31.0 Å². The Balaban J connectivity index is 2.55. The minimum atomic E-state index is 0.272. The smallest absolute Gasteiger partial charge is 0.180 e. The standard InChI is InChI=1S/C13H15BrN4/c1-7(2)11-10(14)12(15)18-13(17-11)9-5-4-8(3)6-16-9/h4-7H,1-3H3,(H2,15,17,18). The summed E-state index contributed by atoms with van der Waals surface area (Å²) in [5.74, 6) is 1.29. The zero-order valence-corrected chi connectivity index (χ0v) is 12.2. The van der Waals surface area contributed by atoms with Gasteiger partial charge in [-0.1, -0.05) is 19.9 Å². The first kappa shape index (κ1) is 13.0. The summed E-state index contributed by atoms with van der Waals surface area (Å²) < 4.78 is 0.772. The van der Waals surface area contributed by atoms with E-state index in [0.717, 1.165) is 21.4 Å². The number of nitrogen functional groups attached to an aromatic ring is 1. The highest BCUT2D eigenvalue weighted by Gasteiger charge is 2.14. The first-order chi connectivity index (χ1) is 8.49. The number of aryl methyl sites for hydroxylation is 1. The number of hydrogen-bond donors (Lipinski definition) is 1. The van der Waals surface area contributed by atoms with Crippen LogP contribution in [-0.4, -0.2) is 15.0 Å². The van der Waals surface area contributed by atoms with Gasteiger partial charge in [-0.05, 0) is 40.4 Å². The molecule has 2 aromatic rings. The van der Waals surface area contributed by atoms with Gasteiger partial charge in [-0.25, -0.2) is 9.97 Å². The molecule has 0 atom stereocenters. The lowest BCUT2D eigenvalue weighted by Gasteiger charge is -2.11. The van der Waals surface area contributed by atoms with Crippen LogP contribution in [0.3, 0.4) is 0 Å². The zero-order valence-electron chi connectivity index (χ0n) is 10.6. The summed E-state index contributed by atoms with van der Waals surface area (Å²) in [5.41, 5.74) is 8.65. The molecule has 0 saturated carbocycles. The summed E-state index contributed by atoms with van der Waals surface area (Å²) >= 11 is 3.43. The van der Waals surface area contributed by atoms with E-state index < -0.39 is 0 Å². The summed E-state index contributed by atoms with van der Waals surface area (Å²) in [4.78, 5) is 13.1. The first-order valence-electron chi connectivity index (χ1n) is 5.75. The molecule has 0 bridgehead atoms. The molecule has 0 aliphatic rings. The van der Waals surface area contributed by atoms with E-state index in [2.05, 4.69) is 44.7 Å². The van der Waals surface area contributed by atoms with Gasteiger partial charge in [-0.15, -0.1) is 0 Å². The second-order valence-electron chi connectivity index (χ2n) is 4.51. The Bertz CT molecular complexity index is 564. The minimum Gasteiger partial charge on any atom is -0.383 e. The molecule has 0 aromatic carbocycles. The van der Waals surface area contributed by atoms with E-state index in [1.807, 2.05) is 19.1 Å². The van der Waals surface area contributed by atoms with Crippen molar-refractivity contribution in [1.29, 1.82) is 0 Å². The third kappa shape index (κ3) is 2.51. The van der Waals surface area contributed by atoms with Gasteiger partial charge in [0.2, 0.25) is 0 Å². The van der Waals surface area contributed by atoms with E-state index >= 15 is 0 Å². The van der Waals surface area contributed by atoms with Gasteiger partial charge in [0.25, 0.3) is 0 Å². The highest BCUT2D eigenvalue weighted by Crippen LogP contribution is 2.29. The number of halogens is 1. The lowest BCUT2D eigenvalue weighted by molar-refractivity contribution is 0.810. The number of hydrogen-bond acceptors (Lipinski definition) is 4. The molecule has 94 valence electrons. The van der Waals surface area contributed by atoms with Crippen molar-refractivity contribution >= 4 is 21.7 Å². The maximum atomic E-state index is 5.90. The van der Waals surface area contributed by atoms with Gasteiger partial charge in [0.05, 0.1) is 10.2 Å². The molecule has 0 unspecified atom stereocenters. The van der Waals surface area contributed by atoms with Crippen molar-refractivity contribution in [3.05, 3.63) is 34.1 Å². The summed E-state index contributed by atoms with van der Waals surface area (Å²) in [6.07, 6.45) is 1.80. The summed E-state index contributed by atoms with van der Waals surface area (Å²) in [6, 6.07) is 3.89. The van der Waals surface area contributed by atoms with Gasteiger partial charge in [0.15, 0.2) is 5.82 Å². The third-order valence-corrected chi connectivity index (χ3v) is 3.40. The average molecular weight is 307 g/mol. The molecule has 5 heteroatoms. The van der Waals surface area contributed by atoms with Gasteiger partial charge < -0.3 is 5.73 Å². The number of pyridine rings is 1. The van der Waals surface area contributed by atoms with Crippen LogP contribution in [0, 0.1) is 6.92 Å². The monoisotopic (exact) mass is 306 g/mol. The van der Waals surface area contributed by atoms with Crippen LogP contribution in [0.15, 0.2) is 22.8 Å². The molecule has 2 rings (SSSR count). The Hall–Kier alpha value is -1.49. The van der Waals surface area contributed by atoms with E-state index in [1.165, 1.54) is 0 Å². The van der Waals surface area contributed by atoms with E-state index in [-0.39, 0.29) is 5.92 Å². The van der Waals surface area contributed by atoms with Crippen molar-refractivity contribution in [2.75, 3.05) is 5.73 Å². The molecule has 2 heterocycles. The fourth-order valence-electron chi connectivity index (χ4n) is 1.58. The molecule has 0 spiro atoms. The van der Waals surface area contributed by atoms with Crippen LogP contribution in [0.4, 0.5) is 5.82 Å². The SMILES string of the molecule is Cc1ccc(-c2nc(N)c(Br)c(C(C)C)n2)nc1. The largest absolute Gasteiger partial charge is 0.383 e. The predicted octanol–water partition coefficient (Wildman–Crippen LogP) is 3.32. The van der Waals surface area contributed by atoms with Gasteiger partial charge in [-0.3, -0.25) is 4.98 Å². The summed E-state index contributed by atoms with van der Waals surface area (Å²) in [7, 11) is 0. The summed E-state index contributed by atoms with van der Waals surface area (Å²) in [6.45, 7) is 6.13. The summed E-state index contributed by atoms with van der Waals surface area (Å²) in [5, 5.41) is 0. The highest BCUT2D eigenvalue weighted by molar-refractivity contribution is 9.10. The maximum absolute atomic E-state index is 5.90. The number of nitrogens with zero attached hydrogens (tertiary/aromatic N) is 3. The van der Waals surface area contributed by atoms with Crippen LogP contribution in [0.25, 0.3) is 11.5 Å². The lowest BCUT2D eigenvalue weighted by Crippen LogP contribution is -2.04. The molecular weight excluding hydrogens is 292 g/mol. The van der Waals surface area contributed by atoms with Crippen molar-refractivity contribution in [2.24, 2.45) is 0 Å². The van der Waals surface area contributed by atoms with Crippen molar-refractivity contribution < 1.29 is 0 Å². The molecule has 2 N–H and O–H groups in total. The van der Waals surface area contributed by atoms with Gasteiger partial charge >= 0.3 is 0 Å². The quantitative estimate of drug-likeness (QED) is 0.924. The Morgan fingerprint density at radius 3 is 2.50 bits per heavy atom. The van der Waals surface area contributed by atoms with Gasteiger partial charge in [-0.2, -0.15) is 0 Å². The van der Waals surface area contributed by atoms with Crippen LogP contribution in [0.5, 0.6) is 0 Å². The van der Waals surface area contributed by atoms with Crippen molar-refractivity contribution in [3.63, 3.8) is 0 Å². The fourth-order valence-corrected chi connectivity index (χ4v) is 2.21. The zero-order chi connectivity index (χ0) is 13.3. The fraction of sp³-hybridized carbons (Fsp3) is 0.308. The molecular formula is C13H15BrN4. The Labute approximate surface area is 115 Å². The maximum Gasteiger partial charge on any atom is 0.180 e. The first-order valence-corrected chi connectivity index (χ1v) is 6.54. The van der Waals surface area contributed by atoms with Crippen molar-refractivity contribution in [3.8, 4) is 11.5 Å². The predicted molar refractivity (Wildman–Crippen MR) is 76.2 cm³/mol. The number of anilines is 1. The highest BCUT2D eigenvalue weighted by atomic mass is 79.9. The lowest BCUT2D eigenvalue weighted by atomic mass is 10.1. The average Bonchev–Trinajstić information content (AvgIpc) is 2.33. The molecule has 0 fully saturated rings. The topological polar surface area (TPSA) is 64.7 Å². The number of rotatable bonds is 2. The molecule has 0 aliphatic heterocycles. The van der Waals surface area contributed by atoms with Crippen LogP contribution >= 0.6 is 15.9 Å². The number of aromatic nitrogens is 3.